The zero-order valence-corrected chi connectivity index (χ0v) is 17.4. The summed E-state index contributed by atoms with van der Waals surface area (Å²) < 4.78 is 2.97. The number of hydrogen-bond acceptors (Lipinski definition) is 6. The standard InChI is InChI=1S/C21H23N7O3/c1-3-8-27-18-17(20(30)25-21(27)31)14(11-15(23-18)13-5-6-13)19(29)24-16-10-12(2)26-28(16)9-4-7-22/h10-11,13H,3-6,8-9H2,1-2H3,(H,24,29)(H,25,30,31). The molecule has 4 rings (SSSR count). The predicted octanol–water partition coefficient (Wildman–Crippen LogP) is 2.04. The van der Waals surface area contributed by atoms with Crippen molar-refractivity contribution >= 4 is 22.8 Å². The van der Waals surface area contributed by atoms with Gasteiger partial charge in [-0.15, -0.1) is 0 Å². The molecule has 2 N–H and O–H groups in total. The third-order valence-electron chi connectivity index (χ3n) is 5.24. The Morgan fingerprint density at radius 1 is 1.32 bits per heavy atom. The molecule has 160 valence electrons. The van der Waals surface area contributed by atoms with E-state index in [1.807, 2.05) is 6.92 Å². The lowest BCUT2D eigenvalue weighted by Gasteiger charge is -2.13. The number of anilines is 1. The molecule has 10 heteroatoms. The number of hydrogen-bond donors (Lipinski definition) is 2. The van der Waals surface area contributed by atoms with Crippen molar-refractivity contribution in [2.24, 2.45) is 0 Å². The highest BCUT2D eigenvalue weighted by molar-refractivity contribution is 6.11. The van der Waals surface area contributed by atoms with Gasteiger partial charge in [0.05, 0.1) is 35.7 Å². The number of H-pyrrole nitrogens is 1. The van der Waals surface area contributed by atoms with Crippen LogP contribution in [0.25, 0.3) is 11.0 Å². The largest absolute Gasteiger partial charge is 0.329 e. The van der Waals surface area contributed by atoms with E-state index in [0.717, 1.165) is 12.8 Å². The Labute approximate surface area is 177 Å². The molecule has 10 nitrogen and oxygen atoms in total. The van der Waals surface area contributed by atoms with Crippen LogP contribution in [0.15, 0.2) is 21.7 Å². The number of fused-ring (bicyclic) bond motifs is 1. The summed E-state index contributed by atoms with van der Waals surface area (Å²) in [5.74, 6) is 0.178. The fourth-order valence-corrected chi connectivity index (χ4v) is 3.65. The lowest BCUT2D eigenvalue weighted by atomic mass is 10.1. The summed E-state index contributed by atoms with van der Waals surface area (Å²) >= 11 is 0. The van der Waals surface area contributed by atoms with Crippen LogP contribution in [-0.4, -0.2) is 30.2 Å². The Morgan fingerprint density at radius 2 is 2.10 bits per heavy atom. The van der Waals surface area contributed by atoms with Crippen LogP contribution >= 0.6 is 0 Å². The lowest BCUT2D eigenvalue weighted by molar-refractivity contribution is 0.102. The van der Waals surface area contributed by atoms with Gasteiger partial charge in [-0.05, 0) is 32.3 Å². The maximum absolute atomic E-state index is 13.3. The average Bonchev–Trinajstić information content (AvgIpc) is 3.52. The second-order valence-electron chi connectivity index (χ2n) is 7.73. The van der Waals surface area contributed by atoms with E-state index in [2.05, 4.69) is 26.5 Å². The number of nitriles is 1. The van der Waals surface area contributed by atoms with Crippen LogP contribution < -0.4 is 16.6 Å². The zero-order chi connectivity index (χ0) is 22.1. The minimum Gasteiger partial charge on any atom is -0.307 e. The number of rotatable bonds is 7. The number of aryl methyl sites for hydroxylation is 3. The van der Waals surface area contributed by atoms with Crippen molar-refractivity contribution in [3.8, 4) is 6.07 Å². The highest BCUT2D eigenvalue weighted by Gasteiger charge is 2.29. The summed E-state index contributed by atoms with van der Waals surface area (Å²) in [6.45, 7) is 4.43. The number of aromatic nitrogens is 5. The van der Waals surface area contributed by atoms with Crippen molar-refractivity contribution < 1.29 is 4.79 Å². The minimum absolute atomic E-state index is 0.0924. The van der Waals surface area contributed by atoms with Gasteiger partial charge in [0.15, 0.2) is 5.65 Å². The second-order valence-corrected chi connectivity index (χ2v) is 7.73. The molecule has 3 aromatic rings. The fourth-order valence-electron chi connectivity index (χ4n) is 3.65. The maximum atomic E-state index is 13.3. The molecule has 0 bridgehead atoms. The van der Waals surface area contributed by atoms with E-state index in [0.29, 0.717) is 36.7 Å². The van der Waals surface area contributed by atoms with Crippen LogP contribution in [0.3, 0.4) is 0 Å². The molecule has 3 heterocycles. The third-order valence-corrected chi connectivity index (χ3v) is 5.24. The number of carbonyl (C=O) groups is 1. The number of aromatic amines is 1. The van der Waals surface area contributed by atoms with Gasteiger partial charge < -0.3 is 5.32 Å². The van der Waals surface area contributed by atoms with Gasteiger partial charge in [-0.1, -0.05) is 6.92 Å². The molecule has 0 unspecified atom stereocenters. The molecule has 1 aliphatic rings. The molecule has 3 aromatic heterocycles. The first-order valence-electron chi connectivity index (χ1n) is 10.3. The third kappa shape index (κ3) is 3.99. The Bertz CT molecular complexity index is 1320. The van der Waals surface area contributed by atoms with Crippen LogP contribution in [0.5, 0.6) is 0 Å². The Kier molecular flexibility index (Phi) is 5.42. The van der Waals surface area contributed by atoms with Gasteiger partial charge in [-0.3, -0.25) is 19.1 Å². The van der Waals surface area contributed by atoms with Crippen LogP contribution in [0.2, 0.25) is 0 Å². The van der Waals surface area contributed by atoms with Gasteiger partial charge >= 0.3 is 5.69 Å². The van der Waals surface area contributed by atoms with Crippen molar-refractivity contribution in [2.75, 3.05) is 5.32 Å². The maximum Gasteiger partial charge on any atom is 0.329 e. The minimum atomic E-state index is -0.637. The summed E-state index contributed by atoms with van der Waals surface area (Å²) in [6, 6.07) is 5.41. The first-order valence-corrected chi connectivity index (χ1v) is 10.3. The van der Waals surface area contributed by atoms with E-state index >= 15 is 0 Å². The molecule has 31 heavy (non-hydrogen) atoms. The molecular weight excluding hydrogens is 398 g/mol. The first kappa shape index (κ1) is 20.5. The zero-order valence-electron chi connectivity index (χ0n) is 17.4. The summed E-state index contributed by atoms with van der Waals surface area (Å²) in [5, 5.41) is 16.1. The predicted molar refractivity (Wildman–Crippen MR) is 114 cm³/mol. The number of carbonyl (C=O) groups excluding carboxylic acids is 1. The van der Waals surface area contributed by atoms with Crippen LogP contribution in [0.1, 0.15) is 60.3 Å². The topological polar surface area (TPSA) is 138 Å². The lowest BCUT2D eigenvalue weighted by Crippen LogP contribution is -2.32. The molecule has 0 aliphatic heterocycles. The first-order chi connectivity index (χ1) is 14.9. The van der Waals surface area contributed by atoms with Crippen LogP contribution in [0.4, 0.5) is 5.82 Å². The highest BCUT2D eigenvalue weighted by Crippen LogP contribution is 2.40. The monoisotopic (exact) mass is 421 g/mol. The molecule has 1 amide bonds. The quantitative estimate of drug-likeness (QED) is 0.599. The molecule has 0 aromatic carbocycles. The highest BCUT2D eigenvalue weighted by atomic mass is 16.2. The fraction of sp³-hybridized carbons (Fsp3) is 0.429. The van der Waals surface area contributed by atoms with E-state index in [4.69, 9.17) is 5.26 Å². The van der Waals surface area contributed by atoms with Crippen molar-refractivity contribution in [3.05, 3.63) is 49.9 Å². The average molecular weight is 421 g/mol. The van der Waals surface area contributed by atoms with E-state index in [1.54, 1.807) is 23.7 Å². The molecule has 1 fully saturated rings. The summed E-state index contributed by atoms with van der Waals surface area (Å²) in [7, 11) is 0. The molecule has 1 aliphatic carbocycles. The van der Waals surface area contributed by atoms with Gasteiger partial charge in [0, 0.05) is 24.2 Å². The van der Waals surface area contributed by atoms with Gasteiger partial charge in [0.1, 0.15) is 5.82 Å². The van der Waals surface area contributed by atoms with Gasteiger partial charge in [-0.25, -0.2) is 14.5 Å². The number of amides is 1. The summed E-state index contributed by atoms with van der Waals surface area (Å²) in [6.07, 6.45) is 2.84. The molecule has 0 atom stereocenters. The number of nitrogens with one attached hydrogen (secondary N) is 2. The normalized spacial score (nSPS) is 13.3. The van der Waals surface area contributed by atoms with Crippen molar-refractivity contribution in [1.29, 1.82) is 5.26 Å². The Morgan fingerprint density at radius 3 is 2.77 bits per heavy atom. The molecule has 0 saturated heterocycles. The molecule has 0 radical (unpaired) electrons. The van der Waals surface area contributed by atoms with E-state index < -0.39 is 17.2 Å². The van der Waals surface area contributed by atoms with Gasteiger partial charge in [-0.2, -0.15) is 10.4 Å². The Hall–Kier alpha value is -3.74. The number of nitrogens with zero attached hydrogens (tertiary/aromatic N) is 5. The molecule has 1 saturated carbocycles. The van der Waals surface area contributed by atoms with Crippen molar-refractivity contribution in [3.63, 3.8) is 0 Å². The van der Waals surface area contributed by atoms with E-state index in [1.165, 1.54) is 4.57 Å². The molecular formula is C21H23N7O3. The van der Waals surface area contributed by atoms with Gasteiger partial charge in [0.2, 0.25) is 0 Å². The van der Waals surface area contributed by atoms with Crippen molar-refractivity contribution in [1.82, 2.24) is 24.3 Å². The van der Waals surface area contributed by atoms with Crippen molar-refractivity contribution in [2.45, 2.75) is 58.5 Å². The summed E-state index contributed by atoms with van der Waals surface area (Å²) in [5.41, 5.74) is 0.642. The van der Waals surface area contributed by atoms with Crippen LogP contribution in [0, 0.1) is 18.3 Å². The summed E-state index contributed by atoms with van der Waals surface area (Å²) in [4.78, 5) is 45.3. The van der Waals surface area contributed by atoms with Crippen LogP contribution in [-0.2, 0) is 13.1 Å². The van der Waals surface area contributed by atoms with E-state index in [9.17, 15) is 14.4 Å². The second kappa shape index (κ2) is 8.18. The van der Waals surface area contributed by atoms with Gasteiger partial charge in [0.25, 0.3) is 11.5 Å². The number of pyridine rings is 1. The van der Waals surface area contributed by atoms with E-state index in [-0.39, 0.29) is 28.9 Å². The SMILES string of the molecule is CCCn1c(=O)[nH]c(=O)c2c(C(=O)Nc3cc(C)nn3CCC#N)cc(C3CC3)nc21. The smallest absolute Gasteiger partial charge is 0.307 e. The molecule has 0 spiro atoms. The Balaban J connectivity index is 1.84.